The van der Waals surface area contributed by atoms with Crippen LogP contribution in [0.4, 0.5) is 0 Å². The zero-order chi connectivity index (χ0) is 14.7. The van der Waals surface area contributed by atoms with Crippen molar-refractivity contribution in [3.8, 4) is 0 Å². The molecule has 5 nitrogen and oxygen atoms in total. The van der Waals surface area contributed by atoms with Crippen LogP contribution in [0.3, 0.4) is 0 Å². The molecule has 2 aliphatic heterocycles. The number of pyridine rings is 1. The molecule has 0 unspecified atom stereocenters. The standard InChI is InChI=1S/C15H24BN3O2/c20-16(21)13-9-14(11-1-5-17-6-2-11)19-15(10-13)12-3-7-18-8-4-12/h9-12,17-18,20-21H,1-8H2. The van der Waals surface area contributed by atoms with Crippen LogP contribution < -0.4 is 16.1 Å². The summed E-state index contributed by atoms with van der Waals surface area (Å²) in [6, 6.07) is 3.76. The molecule has 21 heavy (non-hydrogen) atoms. The maximum atomic E-state index is 9.57. The van der Waals surface area contributed by atoms with Crippen LogP contribution in [-0.4, -0.2) is 48.3 Å². The zero-order valence-electron chi connectivity index (χ0n) is 12.4. The van der Waals surface area contributed by atoms with Gasteiger partial charge in [0.1, 0.15) is 0 Å². The van der Waals surface area contributed by atoms with Crippen LogP contribution in [-0.2, 0) is 0 Å². The number of hydrogen-bond acceptors (Lipinski definition) is 5. The summed E-state index contributed by atoms with van der Waals surface area (Å²) in [7, 11) is -1.41. The Hall–Kier alpha value is -0.945. The summed E-state index contributed by atoms with van der Waals surface area (Å²) >= 11 is 0. The molecule has 0 bridgehead atoms. The van der Waals surface area contributed by atoms with Crippen LogP contribution in [0.2, 0.25) is 0 Å². The van der Waals surface area contributed by atoms with E-state index in [0.717, 1.165) is 63.3 Å². The van der Waals surface area contributed by atoms with E-state index in [1.165, 1.54) is 0 Å². The minimum Gasteiger partial charge on any atom is -0.423 e. The summed E-state index contributed by atoms with van der Waals surface area (Å²) in [4.78, 5) is 4.89. The van der Waals surface area contributed by atoms with Crippen LogP contribution in [0, 0.1) is 0 Å². The monoisotopic (exact) mass is 289 g/mol. The molecule has 2 fully saturated rings. The second-order valence-electron chi connectivity index (χ2n) is 6.17. The molecule has 0 spiro atoms. The first-order valence-electron chi connectivity index (χ1n) is 8.03. The van der Waals surface area contributed by atoms with Crippen molar-refractivity contribution >= 4 is 12.6 Å². The Morgan fingerprint density at radius 3 is 1.67 bits per heavy atom. The van der Waals surface area contributed by atoms with E-state index in [0.29, 0.717) is 17.3 Å². The predicted octanol–water partition coefficient (Wildman–Crippen LogP) is -0.305. The van der Waals surface area contributed by atoms with E-state index in [-0.39, 0.29) is 0 Å². The van der Waals surface area contributed by atoms with Gasteiger partial charge >= 0.3 is 7.12 Å². The Bertz CT molecular complexity index is 436. The summed E-state index contributed by atoms with van der Waals surface area (Å²) in [5.74, 6) is 0.871. The van der Waals surface area contributed by atoms with E-state index in [4.69, 9.17) is 4.98 Å². The minimum atomic E-state index is -1.41. The molecule has 1 aromatic rings. The molecule has 1 aromatic heterocycles. The number of nitrogens with zero attached hydrogens (tertiary/aromatic N) is 1. The first kappa shape index (κ1) is 15.0. The maximum Gasteiger partial charge on any atom is 0.488 e. The van der Waals surface area contributed by atoms with Gasteiger partial charge in [-0.25, -0.2) is 0 Å². The molecule has 0 saturated carbocycles. The van der Waals surface area contributed by atoms with E-state index in [2.05, 4.69) is 10.6 Å². The Labute approximate surface area is 126 Å². The van der Waals surface area contributed by atoms with E-state index in [1.54, 1.807) is 0 Å². The largest absolute Gasteiger partial charge is 0.488 e. The first-order valence-corrected chi connectivity index (χ1v) is 8.03. The summed E-state index contributed by atoms with van der Waals surface area (Å²) < 4.78 is 0. The van der Waals surface area contributed by atoms with Crippen LogP contribution in [0.15, 0.2) is 12.1 Å². The molecule has 4 N–H and O–H groups in total. The van der Waals surface area contributed by atoms with Crippen LogP contribution in [0.1, 0.15) is 48.9 Å². The summed E-state index contributed by atoms with van der Waals surface area (Å²) in [5, 5.41) is 25.9. The number of rotatable bonds is 3. The van der Waals surface area contributed by atoms with E-state index < -0.39 is 7.12 Å². The topological polar surface area (TPSA) is 77.4 Å². The molecule has 0 atom stereocenters. The Kier molecular flexibility index (Phi) is 4.90. The van der Waals surface area contributed by atoms with Gasteiger partial charge in [0.05, 0.1) is 0 Å². The smallest absolute Gasteiger partial charge is 0.423 e. The van der Waals surface area contributed by atoms with Crippen LogP contribution in [0.5, 0.6) is 0 Å². The third kappa shape index (κ3) is 3.63. The fourth-order valence-corrected chi connectivity index (χ4v) is 3.40. The van der Waals surface area contributed by atoms with Crippen molar-refractivity contribution in [1.29, 1.82) is 0 Å². The van der Waals surface area contributed by atoms with Gasteiger partial charge in [0.25, 0.3) is 0 Å². The van der Waals surface area contributed by atoms with Gasteiger partial charge in [-0.15, -0.1) is 0 Å². The molecule has 3 rings (SSSR count). The molecule has 6 heteroatoms. The van der Waals surface area contributed by atoms with Crippen molar-refractivity contribution in [2.75, 3.05) is 26.2 Å². The second kappa shape index (κ2) is 6.88. The van der Waals surface area contributed by atoms with Gasteiger partial charge in [0.2, 0.25) is 0 Å². The zero-order valence-corrected chi connectivity index (χ0v) is 12.4. The van der Waals surface area contributed by atoms with E-state index >= 15 is 0 Å². The number of piperidine rings is 2. The molecule has 0 radical (unpaired) electrons. The third-order valence-electron chi connectivity index (χ3n) is 4.70. The maximum absolute atomic E-state index is 9.57. The van der Waals surface area contributed by atoms with Gasteiger partial charge in [-0.3, -0.25) is 4.98 Å². The number of aromatic nitrogens is 1. The minimum absolute atomic E-state index is 0.436. The quantitative estimate of drug-likeness (QED) is 0.575. The second-order valence-corrected chi connectivity index (χ2v) is 6.17. The van der Waals surface area contributed by atoms with Gasteiger partial charge in [-0.2, -0.15) is 0 Å². The van der Waals surface area contributed by atoms with Crippen LogP contribution in [0.25, 0.3) is 0 Å². The van der Waals surface area contributed by atoms with Gasteiger partial charge in [0, 0.05) is 23.2 Å². The third-order valence-corrected chi connectivity index (χ3v) is 4.70. The molecule has 114 valence electrons. The molecule has 3 heterocycles. The predicted molar refractivity (Wildman–Crippen MR) is 83.8 cm³/mol. The van der Waals surface area contributed by atoms with Crippen molar-refractivity contribution in [2.45, 2.75) is 37.5 Å². The van der Waals surface area contributed by atoms with Crippen LogP contribution >= 0.6 is 0 Å². The van der Waals surface area contributed by atoms with Crippen molar-refractivity contribution in [3.05, 3.63) is 23.5 Å². The lowest BCUT2D eigenvalue weighted by Gasteiger charge is -2.26. The number of hydrogen-bond donors (Lipinski definition) is 4. The van der Waals surface area contributed by atoms with Gasteiger partial charge in [0.15, 0.2) is 0 Å². The molecular weight excluding hydrogens is 265 g/mol. The summed E-state index contributed by atoms with van der Waals surface area (Å²) in [5.41, 5.74) is 2.67. The normalized spacial score (nSPS) is 21.4. The molecule has 2 saturated heterocycles. The Morgan fingerprint density at radius 1 is 0.857 bits per heavy atom. The molecule has 0 amide bonds. The Morgan fingerprint density at radius 2 is 1.29 bits per heavy atom. The van der Waals surface area contributed by atoms with Gasteiger partial charge < -0.3 is 20.7 Å². The van der Waals surface area contributed by atoms with Crippen molar-refractivity contribution in [2.24, 2.45) is 0 Å². The lowest BCUT2D eigenvalue weighted by Crippen LogP contribution is -2.34. The molecular formula is C15H24BN3O2. The van der Waals surface area contributed by atoms with Crippen molar-refractivity contribution < 1.29 is 10.0 Å². The SMILES string of the molecule is OB(O)c1cc(C2CCNCC2)nc(C2CCNCC2)c1. The van der Waals surface area contributed by atoms with Crippen molar-refractivity contribution in [3.63, 3.8) is 0 Å². The average Bonchev–Trinajstić information content (AvgIpc) is 2.56. The highest BCUT2D eigenvalue weighted by Crippen LogP contribution is 2.27. The number of nitrogens with one attached hydrogen (secondary N) is 2. The summed E-state index contributed by atoms with van der Waals surface area (Å²) in [6.07, 6.45) is 4.29. The van der Waals surface area contributed by atoms with E-state index in [9.17, 15) is 10.0 Å². The lowest BCUT2D eigenvalue weighted by molar-refractivity contribution is 0.423. The highest BCUT2D eigenvalue weighted by atomic mass is 16.4. The fraction of sp³-hybridized carbons (Fsp3) is 0.667. The molecule has 2 aliphatic rings. The highest BCUT2D eigenvalue weighted by molar-refractivity contribution is 6.58. The average molecular weight is 289 g/mol. The van der Waals surface area contributed by atoms with Gasteiger partial charge in [-0.1, -0.05) is 0 Å². The Balaban J connectivity index is 1.89. The fourth-order valence-electron chi connectivity index (χ4n) is 3.40. The van der Waals surface area contributed by atoms with E-state index in [1.807, 2.05) is 12.1 Å². The molecule has 0 aliphatic carbocycles. The lowest BCUT2D eigenvalue weighted by atomic mass is 9.77. The highest BCUT2D eigenvalue weighted by Gasteiger charge is 2.24. The van der Waals surface area contributed by atoms with Crippen molar-refractivity contribution in [1.82, 2.24) is 15.6 Å². The summed E-state index contributed by atoms with van der Waals surface area (Å²) in [6.45, 7) is 4.06. The molecule has 0 aromatic carbocycles. The van der Waals surface area contributed by atoms with Gasteiger partial charge in [-0.05, 0) is 69.5 Å². The first-order chi connectivity index (χ1) is 10.2.